The summed E-state index contributed by atoms with van der Waals surface area (Å²) in [5, 5.41) is 3.35. The number of ether oxygens (including phenoxy) is 1. The van der Waals surface area contributed by atoms with E-state index >= 15 is 0 Å². The van der Waals surface area contributed by atoms with E-state index in [1.165, 1.54) is 18.9 Å². The zero-order valence-electron chi connectivity index (χ0n) is 12.7. The number of thioether (sulfide) groups is 1. The van der Waals surface area contributed by atoms with Crippen molar-refractivity contribution in [2.75, 3.05) is 23.9 Å². The second-order valence-electron chi connectivity index (χ2n) is 4.93. The largest absolute Gasteiger partial charge is 0.469 e. The number of halogens is 1. The highest BCUT2D eigenvalue weighted by Crippen LogP contribution is 2.27. The highest BCUT2D eigenvalue weighted by molar-refractivity contribution is 8.00. The van der Waals surface area contributed by atoms with Gasteiger partial charge in [-0.05, 0) is 31.0 Å². The minimum Gasteiger partial charge on any atom is -0.469 e. The van der Waals surface area contributed by atoms with Crippen molar-refractivity contribution < 1.29 is 14.3 Å². The number of hydrogen-bond donors (Lipinski definition) is 1. The third-order valence-corrected chi connectivity index (χ3v) is 4.40. The maximum absolute atomic E-state index is 11.9. The molecule has 0 fully saturated rings. The van der Waals surface area contributed by atoms with Crippen molar-refractivity contribution in [3.63, 3.8) is 0 Å². The molecule has 1 aromatic rings. The standard InChI is InChI=1S/C15H20ClNO3S/c1-9-5-10(2)14(12(16)6-9)17-13(18)8-21-7-11(3)15(19)20-4/h5-6,11H,7-8H2,1-4H3,(H,17,18). The predicted octanol–water partition coefficient (Wildman–Crippen LogP) is 3.44. The molecule has 1 unspecified atom stereocenters. The van der Waals surface area contributed by atoms with Crippen LogP contribution in [0, 0.1) is 19.8 Å². The Hall–Kier alpha value is -1.20. The summed E-state index contributed by atoms with van der Waals surface area (Å²) in [5.41, 5.74) is 2.63. The van der Waals surface area contributed by atoms with Gasteiger partial charge < -0.3 is 10.1 Å². The van der Waals surface area contributed by atoms with Gasteiger partial charge in [0.15, 0.2) is 0 Å². The topological polar surface area (TPSA) is 55.4 Å². The molecule has 1 atom stereocenters. The van der Waals surface area contributed by atoms with Gasteiger partial charge in [-0.1, -0.05) is 24.6 Å². The van der Waals surface area contributed by atoms with Crippen molar-refractivity contribution in [1.82, 2.24) is 0 Å². The molecule has 0 aliphatic heterocycles. The lowest BCUT2D eigenvalue weighted by Crippen LogP contribution is -2.19. The van der Waals surface area contributed by atoms with E-state index in [2.05, 4.69) is 10.1 Å². The third-order valence-electron chi connectivity index (χ3n) is 2.90. The number of methoxy groups -OCH3 is 1. The van der Waals surface area contributed by atoms with Crippen LogP contribution in [0.3, 0.4) is 0 Å². The van der Waals surface area contributed by atoms with Gasteiger partial charge in [0.25, 0.3) is 0 Å². The third kappa shape index (κ3) is 5.59. The number of rotatable bonds is 6. The first kappa shape index (κ1) is 17.9. The van der Waals surface area contributed by atoms with E-state index < -0.39 is 0 Å². The normalized spacial score (nSPS) is 11.9. The summed E-state index contributed by atoms with van der Waals surface area (Å²) < 4.78 is 4.64. The minimum absolute atomic E-state index is 0.133. The second kappa shape index (κ2) is 8.29. The first-order valence-corrected chi connectivity index (χ1v) is 8.10. The summed E-state index contributed by atoms with van der Waals surface area (Å²) in [6.45, 7) is 5.63. The van der Waals surface area contributed by atoms with Crippen molar-refractivity contribution in [3.05, 3.63) is 28.3 Å². The molecule has 116 valence electrons. The van der Waals surface area contributed by atoms with Gasteiger partial charge in [-0.3, -0.25) is 9.59 Å². The molecule has 21 heavy (non-hydrogen) atoms. The number of amides is 1. The zero-order valence-corrected chi connectivity index (χ0v) is 14.2. The molecule has 0 heterocycles. The molecule has 1 aromatic carbocycles. The molecule has 1 rings (SSSR count). The van der Waals surface area contributed by atoms with Crippen molar-refractivity contribution >= 4 is 40.9 Å². The van der Waals surface area contributed by atoms with Crippen molar-refractivity contribution in [3.8, 4) is 0 Å². The molecule has 4 nitrogen and oxygen atoms in total. The monoisotopic (exact) mass is 329 g/mol. The first-order valence-electron chi connectivity index (χ1n) is 6.57. The number of aryl methyl sites for hydroxylation is 2. The molecule has 0 aliphatic carbocycles. The molecule has 0 spiro atoms. The van der Waals surface area contributed by atoms with E-state index in [-0.39, 0.29) is 23.5 Å². The Morgan fingerprint density at radius 2 is 2.05 bits per heavy atom. The average molecular weight is 330 g/mol. The fourth-order valence-corrected chi connectivity index (χ4v) is 3.08. The van der Waals surface area contributed by atoms with Crippen LogP contribution in [0.25, 0.3) is 0 Å². The van der Waals surface area contributed by atoms with Crippen LogP contribution in [0.4, 0.5) is 5.69 Å². The minimum atomic E-state index is -0.264. The summed E-state index contributed by atoms with van der Waals surface area (Å²) >= 11 is 7.53. The summed E-state index contributed by atoms with van der Waals surface area (Å²) in [5.74, 6) is 0.190. The van der Waals surface area contributed by atoms with Crippen LogP contribution in [0.5, 0.6) is 0 Å². The molecule has 0 saturated carbocycles. The number of benzene rings is 1. The summed E-state index contributed by atoms with van der Waals surface area (Å²) in [6, 6.07) is 3.78. The number of esters is 1. The quantitative estimate of drug-likeness (QED) is 0.812. The Balaban J connectivity index is 2.50. The van der Waals surface area contributed by atoms with E-state index in [0.29, 0.717) is 16.5 Å². The molecule has 1 N–H and O–H groups in total. The lowest BCUT2D eigenvalue weighted by atomic mass is 10.1. The van der Waals surface area contributed by atoms with Crippen molar-refractivity contribution in [1.29, 1.82) is 0 Å². The molecule has 6 heteroatoms. The lowest BCUT2D eigenvalue weighted by molar-refractivity contribution is -0.144. The van der Waals surface area contributed by atoms with Crippen molar-refractivity contribution in [2.24, 2.45) is 5.92 Å². The smallest absolute Gasteiger partial charge is 0.309 e. The van der Waals surface area contributed by atoms with Gasteiger partial charge in [-0.2, -0.15) is 11.8 Å². The lowest BCUT2D eigenvalue weighted by Gasteiger charge is -2.12. The number of carbonyl (C=O) groups is 2. The van der Waals surface area contributed by atoms with Gasteiger partial charge in [-0.15, -0.1) is 0 Å². The highest BCUT2D eigenvalue weighted by Gasteiger charge is 2.14. The fourth-order valence-electron chi connectivity index (χ4n) is 1.85. The van der Waals surface area contributed by atoms with Gasteiger partial charge in [0.2, 0.25) is 5.91 Å². The predicted molar refractivity (Wildman–Crippen MR) is 88.1 cm³/mol. The SMILES string of the molecule is COC(=O)C(C)CSCC(=O)Nc1c(C)cc(C)cc1Cl. The van der Waals surface area contributed by atoms with Gasteiger partial charge in [0.05, 0.1) is 29.5 Å². The molecular formula is C15H20ClNO3S. The molecule has 0 aromatic heterocycles. The van der Waals surface area contributed by atoms with Gasteiger partial charge in [0.1, 0.15) is 0 Å². The maximum atomic E-state index is 11.9. The number of anilines is 1. The van der Waals surface area contributed by atoms with E-state index in [0.717, 1.165) is 11.1 Å². The molecular weight excluding hydrogens is 310 g/mol. The van der Waals surface area contributed by atoms with E-state index in [1.54, 1.807) is 6.92 Å². The molecule has 0 radical (unpaired) electrons. The van der Waals surface area contributed by atoms with Crippen LogP contribution in [0.1, 0.15) is 18.1 Å². The molecule has 0 aliphatic rings. The number of hydrogen-bond acceptors (Lipinski definition) is 4. The van der Waals surface area contributed by atoms with Crippen LogP contribution in [-0.4, -0.2) is 30.5 Å². The van der Waals surface area contributed by atoms with Crippen molar-refractivity contribution in [2.45, 2.75) is 20.8 Å². The van der Waals surface area contributed by atoms with Gasteiger partial charge in [-0.25, -0.2) is 0 Å². The Labute approximate surface area is 134 Å². The van der Waals surface area contributed by atoms with Crippen LogP contribution >= 0.6 is 23.4 Å². The summed E-state index contributed by atoms with van der Waals surface area (Å²) in [6.07, 6.45) is 0. The van der Waals surface area contributed by atoms with Crippen LogP contribution in [0.2, 0.25) is 5.02 Å². The maximum Gasteiger partial charge on any atom is 0.309 e. The van der Waals surface area contributed by atoms with Gasteiger partial charge >= 0.3 is 5.97 Å². The van der Waals surface area contributed by atoms with E-state index in [1.807, 2.05) is 26.0 Å². The zero-order chi connectivity index (χ0) is 16.0. The van der Waals surface area contributed by atoms with Gasteiger partial charge in [0, 0.05) is 5.75 Å². The highest BCUT2D eigenvalue weighted by atomic mass is 35.5. The van der Waals surface area contributed by atoms with Crippen LogP contribution < -0.4 is 5.32 Å². The summed E-state index contributed by atoms with van der Waals surface area (Å²) in [4.78, 5) is 23.2. The first-order chi connectivity index (χ1) is 9.85. The molecule has 0 bridgehead atoms. The van der Waals surface area contributed by atoms with E-state index in [4.69, 9.17) is 11.6 Å². The van der Waals surface area contributed by atoms with Crippen LogP contribution in [-0.2, 0) is 14.3 Å². The Morgan fingerprint density at radius 1 is 1.38 bits per heavy atom. The molecule has 0 saturated heterocycles. The van der Waals surface area contributed by atoms with E-state index in [9.17, 15) is 9.59 Å². The average Bonchev–Trinajstić information content (AvgIpc) is 2.41. The Morgan fingerprint density at radius 3 is 2.62 bits per heavy atom. The number of nitrogens with one attached hydrogen (secondary N) is 1. The number of carbonyl (C=O) groups excluding carboxylic acids is 2. The summed E-state index contributed by atoms with van der Waals surface area (Å²) in [7, 11) is 1.36. The Bertz CT molecular complexity index is 511. The molecule has 1 amide bonds. The Kier molecular flexibility index (Phi) is 7.05. The fraction of sp³-hybridized carbons (Fsp3) is 0.467. The second-order valence-corrected chi connectivity index (χ2v) is 6.36. The van der Waals surface area contributed by atoms with Crippen LogP contribution in [0.15, 0.2) is 12.1 Å².